The quantitative estimate of drug-likeness (QED) is 0.585. The lowest BCUT2D eigenvalue weighted by atomic mass is 10.1. The van der Waals surface area contributed by atoms with Gasteiger partial charge in [-0.3, -0.25) is 9.52 Å². The van der Waals surface area contributed by atoms with E-state index < -0.39 is 21.7 Å². The van der Waals surface area contributed by atoms with Crippen molar-refractivity contribution in [3.8, 4) is 0 Å². The van der Waals surface area contributed by atoms with Crippen LogP contribution in [0.3, 0.4) is 0 Å². The lowest BCUT2D eigenvalue weighted by Crippen LogP contribution is -2.16. The molecule has 3 rings (SSSR count). The first-order chi connectivity index (χ1) is 13.6. The largest absolute Gasteiger partial charge is 0.322 e. The average Bonchev–Trinajstić information content (AvgIpc) is 2.62. The highest BCUT2D eigenvalue weighted by atomic mass is 35.5. The third-order valence-corrected chi connectivity index (χ3v) is 5.78. The molecule has 29 heavy (non-hydrogen) atoms. The zero-order valence-electron chi connectivity index (χ0n) is 15.7. The Balaban J connectivity index is 1.88. The minimum Gasteiger partial charge on any atom is -0.322 e. The van der Waals surface area contributed by atoms with Crippen LogP contribution in [0.15, 0.2) is 65.6 Å². The van der Waals surface area contributed by atoms with Crippen molar-refractivity contribution < 1.29 is 17.6 Å². The van der Waals surface area contributed by atoms with Crippen molar-refractivity contribution in [2.75, 3.05) is 10.0 Å². The third-order valence-electron chi connectivity index (χ3n) is 4.07. The number of hydrogen-bond donors (Lipinski definition) is 2. The van der Waals surface area contributed by atoms with Crippen LogP contribution in [0.4, 0.5) is 15.8 Å². The number of nitrogens with one attached hydrogen (secondary N) is 2. The SMILES string of the molecule is Cc1cc(C)cc(NC(=O)c2cc(S(=O)(=O)Nc3ccc(F)cc3)ccc2Cl)c1. The summed E-state index contributed by atoms with van der Waals surface area (Å²) >= 11 is 6.13. The Bertz CT molecular complexity index is 1160. The average molecular weight is 433 g/mol. The van der Waals surface area contributed by atoms with E-state index in [0.29, 0.717) is 5.69 Å². The Kier molecular flexibility index (Phi) is 5.91. The van der Waals surface area contributed by atoms with E-state index in [4.69, 9.17) is 11.6 Å². The van der Waals surface area contributed by atoms with Gasteiger partial charge >= 0.3 is 0 Å². The molecule has 0 fully saturated rings. The van der Waals surface area contributed by atoms with Gasteiger partial charge in [-0.2, -0.15) is 0 Å². The summed E-state index contributed by atoms with van der Waals surface area (Å²) in [6.07, 6.45) is 0. The van der Waals surface area contributed by atoms with Crippen molar-refractivity contribution in [2.24, 2.45) is 0 Å². The maximum Gasteiger partial charge on any atom is 0.261 e. The fraction of sp³-hybridized carbons (Fsp3) is 0.0952. The molecule has 150 valence electrons. The second-order valence-electron chi connectivity index (χ2n) is 6.58. The van der Waals surface area contributed by atoms with Gasteiger partial charge in [0, 0.05) is 11.4 Å². The molecule has 3 aromatic rings. The highest BCUT2D eigenvalue weighted by Gasteiger charge is 2.19. The van der Waals surface area contributed by atoms with Gasteiger partial charge in [-0.05, 0) is 79.6 Å². The molecule has 0 saturated carbocycles. The van der Waals surface area contributed by atoms with Gasteiger partial charge in [0.1, 0.15) is 5.82 Å². The minimum atomic E-state index is -4.00. The van der Waals surface area contributed by atoms with E-state index in [2.05, 4.69) is 10.0 Å². The highest BCUT2D eigenvalue weighted by Crippen LogP contribution is 2.24. The molecule has 0 unspecified atom stereocenters. The van der Waals surface area contributed by atoms with Crippen LogP contribution >= 0.6 is 11.6 Å². The topological polar surface area (TPSA) is 75.3 Å². The molecule has 0 aliphatic rings. The Morgan fingerprint density at radius 1 is 0.897 bits per heavy atom. The Labute approximate surface area is 173 Å². The van der Waals surface area contributed by atoms with Crippen molar-refractivity contribution >= 4 is 38.9 Å². The van der Waals surface area contributed by atoms with Crippen LogP contribution in [0.25, 0.3) is 0 Å². The summed E-state index contributed by atoms with van der Waals surface area (Å²) in [6.45, 7) is 3.81. The van der Waals surface area contributed by atoms with Crippen LogP contribution in [0, 0.1) is 19.7 Å². The summed E-state index contributed by atoms with van der Waals surface area (Å²) in [4.78, 5) is 12.5. The summed E-state index contributed by atoms with van der Waals surface area (Å²) in [7, 11) is -4.00. The van der Waals surface area contributed by atoms with Gasteiger partial charge in [-0.1, -0.05) is 17.7 Å². The molecular weight excluding hydrogens is 415 g/mol. The molecule has 0 bridgehead atoms. The smallest absolute Gasteiger partial charge is 0.261 e. The predicted octanol–water partition coefficient (Wildman–Crippen LogP) is 5.15. The first-order valence-corrected chi connectivity index (χ1v) is 10.5. The molecular formula is C21H18ClFN2O3S. The molecule has 3 aromatic carbocycles. The Hall–Kier alpha value is -2.90. The lowest BCUT2D eigenvalue weighted by Gasteiger charge is -2.12. The Morgan fingerprint density at radius 2 is 1.52 bits per heavy atom. The zero-order chi connectivity index (χ0) is 21.2. The van der Waals surface area contributed by atoms with Gasteiger partial charge in [0.25, 0.3) is 15.9 Å². The summed E-state index contributed by atoms with van der Waals surface area (Å²) < 4.78 is 40.6. The second kappa shape index (κ2) is 8.23. The van der Waals surface area contributed by atoms with Crippen LogP contribution in [0.5, 0.6) is 0 Å². The van der Waals surface area contributed by atoms with Gasteiger partial charge in [0.15, 0.2) is 0 Å². The van der Waals surface area contributed by atoms with E-state index in [0.717, 1.165) is 23.3 Å². The van der Waals surface area contributed by atoms with Crippen LogP contribution in [0.1, 0.15) is 21.5 Å². The first-order valence-electron chi connectivity index (χ1n) is 8.62. The van der Waals surface area contributed by atoms with Crippen molar-refractivity contribution in [3.63, 3.8) is 0 Å². The second-order valence-corrected chi connectivity index (χ2v) is 8.67. The molecule has 8 heteroatoms. The first kappa shape index (κ1) is 20.8. The van der Waals surface area contributed by atoms with Crippen molar-refractivity contribution in [2.45, 2.75) is 18.7 Å². The molecule has 1 amide bonds. The van der Waals surface area contributed by atoms with Crippen molar-refractivity contribution in [1.29, 1.82) is 0 Å². The van der Waals surface area contributed by atoms with E-state index in [1.807, 2.05) is 19.9 Å². The molecule has 0 atom stereocenters. The number of sulfonamides is 1. The molecule has 0 aromatic heterocycles. The standard InChI is InChI=1S/C21H18ClFN2O3S/c1-13-9-14(2)11-17(10-13)24-21(26)19-12-18(7-8-20(19)22)29(27,28)25-16-5-3-15(23)4-6-16/h3-12,25H,1-2H3,(H,24,26). The summed E-state index contributed by atoms with van der Waals surface area (Å²) in [5.41, 5.74) is 2.76. The molecule has 2 N–H and O–H groups in total. The van der Waals surface area contributed by atoms with Gasteiger partial charge in [0.05, 0.1) is 15.5 Å². The summed E-state index contributed by atoms with van der Waals surface area (Å²) in [6, 6.07) is 14.3. The molecule has 0 aliphatic heterocycles. The molecule has 5 nitrogen and oxygen atoms in total. The fourth-order valence-corrected chi connectivity index (χ4v) is 4.11. The van der Waals surface area contributed by atoms with E-state index in [9.17, 15) is 17.6 Å². The van der Waals surface area contributed by atoms with Crippen molar-refractivity contribution in [1.82, 2.24) is 0 Å². The molecule has 0 aliphatic carbocycles. The van der Waals surface area contributed by atoms with Gasteiger partial charge in [-0.25, -0.2) is 12.8 Å². The van der Waals surface area contributed by atoms with E-state index in [1.165, 1.54) is 30.3 Å². The molecule has 0 radical (unpaired) electrons. The van der Waals surface area contributed by atoms with Gasteiger partial charge in [0.2, 0.25) is 0 Å². The maximum atomic E-state index is 13.0. The number of rotatable bonds is 5. The molecule has 0 saturated heterocycles. The van der Waals surface area contributed by atoms with Crippen molar-refractivity contribution in [3.05, 3.63) is 88.2 Å². The van der Waals surface area contributed by atoms with Crippen LogP contribution in [-0.2, 0) is 10.0 Å². The number of halogens is 2. The fourth-order valence-electron chi connectivity index (χ4n) is 2.82. The molecule has 0 spiro atoms. The number of aryl methyl sites for hydroxylation is 2. The number of benzene rings is 3. The monoisotopic (exact) mass is 432 g/mol. The zero-order valence-corrected chi connectivity index (χ0v) is 17.2. The Morgan fingerprint density at radius 3 is 2.14 bits per heavy atom. The number of amides is 1. The predicted molar refractivity (Wildman–Crippen MR) is 113 cm³/mol. The number of carbonyl (C=O) groups excluding carboxylic acids is 1. The van der Waals surface area contributed by atoms with Gasteiger partial charge < -0.3 is 5.32 Å². The van der Waals surface area contributed by atoms with E-state index in [1.54, 1.807) is 12.1 Å². The number of carbonyl (C=O) groups is 1. The van der Waals surface area contributed by atoms with Crippen LogP contribution in [-0.4, -0.2) is 14.3 Å². The van der Waals surface area contributed by atoms with E-state index >= 15 is 0 Å². The number of hydrogen-bond acceptors (Lipinski definition) is 3. The van der Waals surface area contributed by atoms with Gasteiger partial charge in [-0.15, -0.1) is 0 Å². The lowest BCUT2D eigenvalue weighted by molar-refractivity contribution is 0.102. The maximum absolute atomic E-state index is 13.0. The van der Waals surface area contributed by atoms with Crippen LogP contribution in [0.2, 0.25) is 5.02 Å². The van der Waals surface area contributed by atoms with Crippen LogP contribution < -0.4 is 10.0 Å². The normalized spacial score (nSPS) is 11.2. The summed E-state index contributed by atoms with van der Waals surface area (Å²) in [5, 5.41) is 2.85. The van der Waals surface area contributed by atoms with E-state index in [-0.39, 0.29) is 21.2 Å². The highest BCUT2D eigenvalue weighted by molar-refractivity contribution is 7.92. The minimum absolute atomic E-state index is 0.0211. The summed E-state index contributed by atoms with van der Waals surface area (Å²) in [5.74, 6) is -1.01. The number of anilines is 2. The third kappa shape index (κ3) is 5.13. The molecule has 0 heterocycles.